The summed E-state index contributed by atoms with van der Waals surface area (Å²) in [5.74, 6) is -0.593. The van der Waals surface area contributed by atoms with Gasteiger partial charge in [0.05, 0.1) is 16.2 Å². The minimum absolute atomic E-state index is 0.108. The van der Waals surface area contributed by atoms with Crippen molar-refractivity contribution < 1.29 is 13.2 Å². The number of carbonyl (C=O) groups excluding carboxylic acids is 1. The molecule has 0 atom stereocenters. The molecule has 1 amide bonds. The largest absolute Gasteiger partial charge is 0.359 e. The summed E-state index contributed by atoms with van der Waals surface area (Å²) >= 11 is 12.5. The molecular formula is C32H36Cl2N4O3S. The number of nitrogens with zero attached hydrogens (tertiary/aromatic N) is 2. The lowest BCUT2D eigenvalue weighted by molar-refractivity contribution is -0.110. The standard InChI is InChI=1S/C32H36Cl2N4O3S/c1-20-26(18-37-14-10-22(11-15-37)38-12-3-4-13-38)21(2)35-31(20)17-25-24-16-23(8-9-30(24)36-32(25)39)42(40,41)19-27-28(33)6-5-7-29(27)34/h5-9,16-17,22,35H,3-4,10-15,18-19H2,1-2H3,(H,36,39)/b25-17-. The Labute approximate surface area is 257 Å². The van der Waals surface area contributed by atoms with Crippen molar-refractivity contribution in [2.24, 2.45) is 0 Å². The summed E-state index contributed by atoms with van der Waals surface area (Å²) in [5, 5.41) is 3.48. The lowest BCUT2D eigenvalue weighted by Crippen LogP contribution is -2.43. The molecular weight excluding hydrogens is 591 g/mol. The van der Waals surface area contributed by atoms with Crippen molar-refractivity contribution in [3.63, 3.8) is 0 Å². The van der Waals surface area contributed by atoms with Crippen molar-refractivity contribution in [1.82, 2.24) is 14.8 Å². The van der Waals surface area contributed by atoms with Crippen molar-refractivity contribution in [2.45, 2.75) is 62.8 Å². The summed E-state index contributed by atoms with van der Waals surface area (Å²) in [4.78, 5) is 21.8. The second kappa shape index (κ2) is 11.8. The normalized spacial score (nSPS) is 19.5. The first kappa shape index (κ1) is 29.5. The van der Waals surface area contributed by atoms with Gasteiger partial charge in [0.15, 0.2) is 9.84 Å². The Balaban J connectivity index is 1.23. The molecule has 2 fully saturated rings. The molecule has 2 N–H and O–H groups in total. The van der Waals surface area contributed by atoms with Crippen LogP contribution in [0.4, 0.5) is 5.69 Å². The Hall–Kier alpha value is -2.62. The maximum atomic E-state index is 13.4. The maximum absolute atomic E-state index is 13.4. The van der Waals surface area contributed by atoms with Crippen LogP contribution in [0.15, 0.2) is 41.3 Å². The first-order chi connectivity index (χ1) is 20.1. The average Bonchev–Trinajstić information content (AvgIpc) is 3.67. The molecule has 4 heterocycles. The number of hydrogen-bond donors (Lipinski definition) is 2. The van der Waals surface area contributed by atoms with Crippen molar-refractivity contribution >= 4 is 56.3 Å². The molecule has 2 saturated heterocycles. The van der Waals surface area contributed by atoms with Crippen molar-refractivity contribution in [3.8, 4) is 0 Å². The number of aryl methyl sites for hydroxylation is 1. The number of nitrogens with one attached hydrogen (secondary N) is 2. The number of anilines is 1. The molecule has 1 aromatic heterocycles. The maximum Gasteiger partial charge on any atom is 0.256 e. The van der Waals surface area contributed by atoms with Crippen LogP contribution in [0.1, 0.15) is 59.3 Å². The molecule has 42 heavy (non-hydrogen) atoms. The third-order valence-electron chi connectivity index (χ3n) is 9.05. The van der Waals surface area contributed by atoms with E-state index in [-0.39, 0.29) is 16.6 Å². The van der Waals surface area contributed by atoms with Gasteiger partial charge in [0, 0.05) is 50.8 Å². The van der Waals surface area contributed by atoms with E-state index in [1.165, 1.54) is 50.4 Å². The number of fused-ring (bicyclic) bond motifs is 1. The number of amides is 1. The van der Waals surface area contributed by atoms with E-state index in [9.17, 15) is 13.2 Å². The zero-order valence-electron chi connectivity index (χ0n) is 24.0. The molecule has 0 spiro atoms. The Morgan fingerprint density at radius 3 is 2.36 bits per heavy atom. The fraction of sp³-hybridized carbons (Fsp3) is 0.406. The van der Waals surface area contributed by atoms with Gasteiger partial charge in [-0.2, -0.15) is 0 Å². The zero-order chi connectivity index (χ0) is 29.6. The number of rotatable bonds is 7. The van der Waals surface area contributed by atoms with Crippen LogP contribution in [0.2, 0.25) is 10.0 Å². The predicted molar refractivity (Wildman–Crippen MR) is 170 cm³/mol. The fourth-order valence-electron chi connectivity index (χ4n) is 6.56. The van der Waals surface area contributed by atoms with Gasteiger partial charge in [-0.05, 0) is 113 Å². The summed E-state index contributed by atoms with van der Waals surface area (Å²) in [6.07, 6.45) is 6.93. The van der Waals surface area contributed by atoms with Gasteiger partial charge in [-0.15, -0.1) is 0 Å². The van der Waals surface area contributed by atoms with Gasteiger partial charge in [-0.25, -0.2) is 8.42 Å². The third kappa shape index (κ3) is 5.80. The number of piperidine rings is 1. The minimum Gasteiger partial charge on any atom is -0.359 e. The van der Waals surface area contributed by atoms with Gasteiger partial charge in [0.25, 0.3) is 5.91 Å². The highest BCUT2D eigenvalue weighted by molar-refractivity contribution is 7.90. The van der Waals surface area contributed by atoms with Crippen LogP contribution in [-0.4, -0.2) is 61.3 Å². The third-order valence-corrected chi connectivity index (χ3v) is 11.4. The Morgan fingerprint density at radius 1 is 0.976 bits per heavy atom. The number of likely N-dealkylation sites (tertiary alicyclic amines) is 2. The van der Waals surface area contributed by atoms with Crippen LogP contribution in [0.3, 0.4) is 0 Å². The number of H-pyrrole nitrogens is 1. The predicted octanol–water partition coefficient (Wildman–Crippen LogP) is 6.47. The van der Waals surface area contributed by atoms with Gasteiger partial charge in [-0.1, -0.05) is 29.3 Å². The van der Waals surface area contributed by atoms with Crippen LogP contribution in [-0.2, 0) is 26.9 Å². The smallest absolute Gasteiger partial charge is 0.256 e. The molecule has 0 aliphatic carbocycles. The molecule has 2 aromatic carbocycles. The topological polar surface area (TPSA) is 85.5 Å². The Bertz CT molecular complexity index is 1650. The van der Waals surface area contributed by atoms with Gasteiger partial charge in [0.2, 0.25) is 0 Å². The summed E-state index contributed by atoms with van der Waals surface area (Å²) in [5.41, 5.74) is 6.26. The molecule has 3 aliphatic heterocycles. The number of hydrogen-bond acceptors (Lipinski definition) is 5. The molecule has 0 bridgehead atoms. The molecule has 0 saturated carbocycles. The molecule has 3 aromatic rings. The molecule has 0 radical (unpaired) electrons. The molecule has 0 unspecified atom stereocenters. The number of sulfone groups is 1. The van der Waals surface area contributed by atoms with E-state index >= 15 is 0 Å². The van der Waals surface area contributed by atoms with E-state index in [1.807, 2.05) is 6.08 Å². The van der Waals surface area contributed by atoms with Crippen LogP contribution >= 0.6 is 23.2 Å². The number of benzene rings is 2. The minimum atomic E-state index is -3.78. The molecule has 6 rings (SSSR count). The number of aromatic nitrogens is 1. The van der Waals surface area contributed by atoms with E-state index in [2.05, 4.69) is 33.9 Å². The SMILES string of the molecule is Cc1[nH]c(/C=C2\C(=O)Nc3ccc(S(=O)(=O)Cc4c(Cl)cccc4Cl)cc32)c(C)c1CN1CCC(N2CCCC2)CC1. The van der Waals surface area contributed by atoms with Crippen molar-refractivity contribution in [3.05, 3.63) is 80.1 Å². The number of carbonyl (C=O) groups is 1. The second-order valence-corrected chi connectivity index (χ2v) is 14.5. The average molecular weight is 628 g/mol. The Morgan fingerprint density at radius 2 is 1.67 bits per heavy atom. The highest BCUT2D eigenvalue weighted by Crippen LogP contribution is 2.37. The van der Waals surface area contributed by atoms with E-state index in [0.29, 0.717) is 38.5 Å². The first-order valence-electron chi connectivity index (χ1n) is 14.6. The molecule has 7 nitrogen and oxygen atoms in total. The van der Waals surface area contributed by atoms with Crippen molar-refractivity contribution in [2.75, 3.05) is 31.5 Å². The quantitative estimate of drug-likeness (QED) is 0.294. The van der Waals surface area contributed by atoms with Crippen molar-refractivity contribution in [1.29, 1.82) is 0 Å². The highest BCUT2D eigenvalue weighted by atomic mass is 35.5. The van der Waals surface area contributed by atoms with E-state index < -0.39 is 9.84 Å². The van der Waals surface area contributed by atoms with Gasteiger partial charge >= 0.3 is 0 Å². The van der Waals surface area contributed by atoms with Crippen LogP contribution in [0.5, 0.6) is 0 Å². The van der Waals surface area contributed by atoms with Gasteiger partial charge < -0.3 is 15.2 Å². The van der Waals surface area contributed by atoms with E-state index in [1.54, 1.807) is 30.3 Å². The van der Waals surface area contributed by atoms with Crippen LogP contribution in [0.25, 0.3) is 11.6 Å². The lowest BCUT2D eigenvalue weighted by Gasteiger charge is -2.36. The molecule has 3 aliphatic rings. The summed E-state index contributed by atoms with van der Waals surface area (Å²) in [7, 11) is -3.78. The molecule has 222 valence electrons. The zero-order valence-corrected chi connectivity index (χ0v) is 26.3. The van der Waals surface area contributed by atoms with Gasteiger partial charge in [-0.3, -0.25) is 9.69 Å². The summed E-state index contributed by atoms with van der Waals surface area (Å²) < 4.78 is 26.8. The second-order valence-electron chi connectivity index (χ2n) is 11.7. The van der Waals surface area contributed by atoms with Crippen LogP contribution < -0.4 is 5.32 Å². The lowest BCUT2D eigenvalue weighted by atomic mass is 10.0. The number of aromatic amines is 1. The fourth-order valence-corrected chi connectivity index (χ4v) is 8.68. The van der Waals surface area contributed by atoms with Gasteiger partial charge in [0.1, 0.15) is 0 Å². The highest BCUT2D eigenvalue weighted by Gasteiger charge is 2.30. The first-order valence-corrected chi connectivity index (χ1v) is 17.0. The van der Waals surface area contributed by atoms with E-state index in [4.69, 9.17) is 23.2 Å². The summed E-state index contributed by atoms with van der Waals surface area (Å²) in [6.45, 7) is 9.72. The summed E-state index contributed by atoms with van der Waals surface area (Å²) in [6, 6.07) is 10.4. The Kier molecular flexibility index (Phi) is 8.28. The van der Waals surface area contributed by atoms with Crippen LogP contribution in [0, 0.1) is 13.8 Å². The molecule has 10 heteroatoms. The van der Waals surface area contributed by atoms with E-state index in [0.717, 1.165) is 36.6 Å². The monoisotopic (exact) mass is 626 g/mol. The number of halogens is 2.